The molecule has 7 heteroatoms. The third kappa shape index (κ3) is 5.51. The fourth-order valence-electron chi connectivity index (χ4n) is 2.26. The molecule has 2 N–H and O–H groups in total. The SMILES string of the molecule is Cl.NCCN(CCc1ccccc1)C(=O)CN1CCSC1=O. The van der Waals surface area contributed by atoms with Crippen molar-refractivity contribution in [3.63, 3.8) is 0 Å². The van der Waals surface area contributed by atoms with E-state index in [4.69, 9.17) is 5.73 Å². The van der Waals surface area contributed by atoms with Crippen LogP contribution in [0.3, 0.4) is 0 Å². The fourth-order valence-corrected chi connectivity index (χ4v) is 3.08. The Bertz CT molecular complexity index is 487. The van der Waals surface area contributed by atoms with Gasteiger partial charge < -0.3 is 15.5 Å². The monoisotopic (exact) mass is 343 g/mol. The molecule has 1 fully saturated rings. The van der Waals surface area contributed by atoms with Crippen LogP contribution in [0.2, 0.25) is 0 Å². The zero-order chi connectivity index (χ0) is 15.1. The molecule has 0 radical (unpaired) electrons. The third-order valence-corrected chi connectivity index (χ3v) is 4.33. The minimum Gasteiger partial charge on any atom is -0.340 e. The summed E-state index contributed by atoms with van der Waals surface area (Å²) in [5.41, 5.74) is 6.79. The first-order valence-electron chi connectivity index (χ1n) is 7.14. The summed E-state index contributed by atoms with van der Waals surface area (Å²) in [5, 5.41) is -0.000826. The Balaban J connectivity index is 0.00000242. The van der Waals surface area contributed by atoms with Crippen molar-refractivity contribution in [3.8, 4) is 0 Å². The zero-order valence-electron chi connectivity index (χ0n) is 12.4. The highest BCUT2D eigenvalue weighted by molar-refractivity contribution is 8.13. The molecule has 1 saturated heterocycles. The fraction of sp³-hybridized carbons (Fsp3) is 0.467. The van der Waals surface area contributed by atoms with Gasteiger partial charge in [-0.1, -0.05) is 42.1 Å². The molecular formula is C15H22ClN3O2S. The van der Waals surface area contributed by atoms with Gasteiger partial charge in [-0.25, -0.2) is 0 Å². The summed E-state index contributed by atoms with van der Waals surface area (Å²) in [6, 6.07) is 10.1. The van der Waals surface area contributed by atoms with Gasteiger partial charge in [0.25, 0.3) is 5.24 Å². The molecule has 1 aliphatic rings. The standard InChI is InChI=1S/C15H21N3O2S.ClH/c16-7-9-17(8-6-13-4-2-1-3-5-13)14(19)12-18-10-11-21-15(18)20;/h1-5H,6-12,16H2;1H. The maximum absolute atomic E-state index is 12.3. The van der Waals surface area contributed by atoms with Crippen molar-refractivity contribution in [1.29, 1.82) is 0 Å². The smallest absolute Gasteiger partial charge is 0.282 e. The Kier molecular flexibility index (Phi) is 8.30. The molecule has 122 valence electrons. The number of amides is 2. The molecule has 0 atom stereocenters. The summed E-state index contributed by atoms with van der Waals surface area (Å²) in [6.45, 7) is 2.42. The minimum atomic E-state index is -0.0211. The summed E-state index contributed by atoms with van der Waals surface area (Å²) >= 11 is 1.27. The first-order valence-corrected chi connectivity index (χ1v) is 8.12. The van der Waals surface area contributed by atoms with Gasteiger partial charge >= 0.3 is 0 Å². The Morgan fingerprint density at radius 1 is 1.27 bits per heavy atom. The van der Waals surface area contributed by atoms with Gasteiger partial charge in [-0.3, -0.25) is 9.59 Å². The molecule has 0 aliphatic carbocycles. The van der Waals surface area contributed by atoms with Crippen molar-refractivity contribution in [2.24, 2.45) is 5.73 Å². The molecule has 5 nitrogen and oxygen atoms in total. The molecule has 0 saturated carbocycles. The van der Waals surface area contributed by atoms with Crippen molar-refractivity contribution in [1.82, 2.24) is 9.80 Å². The first kappa shape index (κ1) is 18.8. The normalized spacial score (nSPS) is 13.9. The highest BCUT2D eigenvalue weighted by Crippen LogP contribution is 2.17. The van der Waals surface area contributed by atoms with Crippen LogP contribution in [-0.4, -0.2) is 59.4 Å². The van der Waals surface area contributed by atoms with Gasteiger partial charge in [0.15, 0.2) is 0 Å². The lowest BCUT2D eigenvalue weighted by molar-refractivity contribution is -0.131. The lowest BCUT2D eigenvalue weighted by Crippen LogP contribution is -2.43. The molecule has 1 aromatic rings. The van der Waals surface area contributed by atoms with Gasteiger partial charge in [-0.15, -0.1) is 12.4 Å². The van der Waals surface area contributed by atoms with Gasteiger partial charge in [0, 0.05) is 31.9 Å². The Morgan fingerprint density at radius 3 is 2.59 bits per heavy atom. The van der Waals surface area contributed by atoms with E-state index >= 15 is 0 Å². The van der Waals surface area contributed by atoms with E-state index in [0.29, 0.717) is 26.2 Å². The van der Waals surface area contributed by atoms with Gasteiger partial charge in [-0.2, -0.15) is 0 Å². The Hall–Kier alpha value is -1.24. The molecule has 1 aliphatic heterocycles. The molecule has 0 bridgehead atoms. The zero-order valence-corrected chi connectivity index (χ0v) is 14.1. The van der Waals surface area contributed by atoms with Crippen LogP contribution in [0, 0.1) is 0 Å². The lowest BCUT2D eigenvalue weighted by Gasteiger charge is -2.24. The number of halogens is 1. The van der Waals surface area contributed by atoms with E-state index in [0.717, 1.165) is 12.2 Å². The van der Waals surface area contributed by atoms with Crippen LogP contribution in [0.1, 0.15) is 5.56 Å². The average Bonchev–Trinajstić information content (AvgIpc) is 2.89. The lowest BCUT2D eigenvalue weighted by atomic mass is 10.1. The van der Waals surface area contributed by atoms with Crippen LogP contribution in [-0.2, 0) is 11.2 Å². The van der Waals surface area contributed by atoms with Crippen molar-refractivity contribution in [3.05, 3.63) is 35.9 Å². The van der Waals surface area contributed by atoms with Gasteiger partial charge in [0.2, 0.25) is 5.91 Å². The number of carbonyl (C=O) groups is 2. The molecule has 0 spiro atoms. The molecule has 0 unspecified atom stereocenters. The predicted octanol–water partition coefficient (Wildman–Crippen LogP) is 1.61. The van der Waals surface area contributed by atoms with Crippen molar-refractivity contribution in [2.45, 2.75) is 6.42 Å². The van der Waals surface area contributed by atoms with Crippen LogP contribution in [0.4, 0.5) is 4.79 Å². The summed E-state index contributed by atoms with van der Waals surface area (Å²) in [7, 11) is 0. The van der Waals surface area contributed by atoms with Crippen LogP contribution in [0.25, 0.3) is 0 Å². The van der Waals surface area contributed by atoms with E-state index in [1.807, 2.05) is 30.3 Å². The van der Waals surface area contributed by atoms with E-state index < -0.39 is 0 Å². The quantitative estimate of drug-likeness (QED) is 0.816. The topological polar surface area (TPSA) is 66.6 Å². The van der Waals surface area contributed by atoms with Crippen LogP contribution in [0.15, 0.2) is 30.3 Å². The number of nitrogens with two attached hydrogens (primary N) is 1. The van der Waals surface area contributed by atoms with Crippen LogP contribution in [0.5, 0.6) is 0 Å². The first-order chi connectivity index (χ1) is 10.2. The van der Waals surface area contributed by atoms with Gasteiger partial charge in [0.05, 0.1) is 0 Å². The van der Waals surface area contributed by atoms with E-state index in [1.165, 1.54) is 17.3 Å². The Morgan fingerprint density at radius 2 is 2.00 bits per heavy atom. The summed E-state index contributed by atoms with van der Waals surface area (Å²) < 4.78 is 0. The Labute approximate surface area is 141 Å². The maximum atomic E-state index is 12.3. The average molecular weight is 344 g/mol. The maximum Gasteiger partial charge on any atom is 0.282 e. The third-order valence-electron chi connectivity index (χ3n) is 3.44. The molecule has 2 amide bonds. The van der Waals surface area contributed by atoms with Crippen molar-refractivity contribution < 1.29 is 9.59 Å². The molecule has 2 rings (SSSR count). The predicted molar refractivity (Wildman–Crippen MR) is 92.5 cm³/mol. The van der Waals surface area contributed by atoms with Gasteiger partial charge in [0.1, 0.15) is 6.54 Å². The molecule has 1 heterocycles. The second-order valence-corrected chi connectivity index (χ2v) is 5.99. The molecule has 0 aromatic heterocycles. The second kappa shape index (κ2) is 9.71. The van der Waals surface area contributed by atoms with Crippen molar-refractivity contribution >= 4 is 35.3 Å². The highest BCUT2D eigenvalue weighted by Gasteiger charge is 2.25. The number of carbonyl (C=O) groups excluding carboxylic acids is 2. The molecular weight excluding hydrogens is 322 g/mol. The van der Waals surface area contributed by atoms with Crippen LogP contribution >= 0.6 is 24.2 Å². The van der Waals surface area contributed by atoms with E-state index in [2.05, 4.69) is 0 Å². The van der Waals surface area contributed by atoms with Crippen LogP contribution < -0.4 is 5.73 Å². The van der Waals surface area contributed by atoms with E-state index in [1.54, 1.807) is 9.80 Å². The number of thioether (sulfide) groups is 1. The highest BCUT2D eigenvalue weighted by atomic mass is 35.5. The number of benzene rings is 1. The summed E-state index contributed by atoms with van der Waals surface area (Å²) in [6.07, 6.45) is 0.801. The summed E-state index contributed by atoms with van der Waals surface area (Å²) in [4.78, 5) is 27.2. The van der Waals surface area contributed by atoms with Crippen molar-refractivity contribution in [2.75, 3.05) is 38.5 Å². The second-order valence-electron chi connectivity index (χ2n) is 4.94. The van der Waals surface area contributed by atoms with Gasteiger partial charge in [-0.05, 0) is 12.0 Å². The molecule has 22 heavy (non-hydrogen) atoms. The number of hydrogen-bond acceptors (Lipinski definition) is 4. The number of hydrogen-bond donors (Lipinski definition) is 1. The summed E-state index contributed by atoms with van der Waals surface area (Å²) in [5.74, 6) is 0.750. The minimum absolute atomic E-state index is 0. The van der Waals surface area contributed by atoms with E-state index in [9.17, 15) is 9.59 Å². The molecule has 1 aromatic carbocycles. The number of nitrogens with zero attached hydrogens (tertiary/aromatic N) is 2. The largest absolute Gasteiger partial charge is 0.340 e. The van der Waals surface area contributed by atoms with E-state index in [-0.39, 0.29) is 30.1 Å². The number of rotatable bonds is 7.